The minimum absolute atomic E-state index is 0.218. The smallest absolute Gasteiger partial charge is 0.271 e. The zero-order valence-corrected chi connectivity index (χ0v) is 13.4. The zero-order valence-electron chi connectivity index (χ0n) is 13.4. The van der Waals surface area contributed by atoms with Gasteiger partial charge in [-0.3, -0.25) is 25.4 Å². The molecule has 1 aromatic carbocycles. The summed E-state index contributed by atoms with van der Waals surface area (Å²) in [6.45, 7) is 4.35. The summed E-state index contributed by atoms with van der Waals surface area (Å²) < 4.78 is 0. The van der Waals surface area contributed by atoms with E-state index >= 15 is 0 Å². The minimum Gasteiger partial charge on any atom is -0.273 e. The van der Waals surface area contributed by atoms with E-state index < -0.39 is 5.91 Å². The van der Waals surface area contributed by atoms with E-state index in [0.717, 1.165) is 12.0 Å². The van der Waals surface area contributed by atoms with Crippen LogP contribution < -0.4 is 10.9 Å². The molecule has 1 heterocycles. The van der Waals surface area contributed by atoms with Crippen LogP contribution in [0, 0.1) is 5.92 Å². The normalized spacial score (nSPS) is 10.4. The summed E-state index contributed by atoms with van der Waals surface area (Å²) in [6.07, 6.45) is 4.26. The number of amides is 2. The quantitative estimate of drug-likeness (QED) is 0.832. The Morgan fingerprint density at radius 1 is 1.04 bits per heavy atom. The van der Waals surface area contributed by atoms with E-state index in [4.69, 9.17) is 0 Å². The van der Waals surface area contributed by atoms with Crippen LogP contribution in [0.2, 0.25) is 0 Å². The molecule has 0 saturated carbocycles. The zero-order chi connectivity index (χ0) is 16.7. The third-order valence-corrected chi connectivity index (χ3v) is 3.27. The fraction of sp³-hybridized carbons (Fsp3) is 0.278. The number of hydrogen-bond donors (Lipinski definition) is 2. The molecule has 2 N–H and O–H groups in total. The molecule has 2 aromatic rings. The van der Waals surface area contributed by atoms with Crippen LogP contribution in [0.5, 0.6) is 0 Å². The molecular weight excluding hydrogens is 290 g/mol. The molecule has 5 heteroatoms. The number of benzene rings is 1. The van der Waals surface area contributed by atoms with E-state index in [0.29, 0.717) is 11.5 Å². The molecule has 2 rings (SSSR count). The van der Waals surface area contributed by atoms with E-state index in [1.54, 1.807) is 18.3 Å². The van der Waals surface area contributed by atoms with Gasteiger partial charge in [-0.15, -0.1) is 0 Å². The van der Waals surface area contributed by atoms with E-state index in [1.165, 1.54) is 11.8 Å². The van der Waals surface area contributed by atoms with Crippen LogP contribution in [-0.4, -0.2) is 16.8 Å². The van der Waals surface area contributed by atoms with Gasteiger partial charge >= 0.3 is 0 Å². The molecule has 0 aliphatic heterocycles. The van der Waals surface area contributed by atoms with E-state index in [1.807, 2.05) is 24.3 Å². The van der Waals surface area contributed by atoms with Crippen molar-refractivity contribution in [3.63, 3.8) is 0 Å². The van der Waals surface area contributed by atoms with Gasteiger partial charge in [0.2, 0.25) is 5.91 Å². The fourth-order valence-electron chi connectivity index (χ4n) is 2.19. The van der Waals surface area contributed by atoms with Crippen LogP contribution >= 0.6 is 0 Å². The number of carbonyl (C=O) groups excluding carboxylic acids is 2. The Morgan fingerprint density at radius 3 is 2.35 bits per heavy atom. The van der Waals surface area contributed by atoms with Crippen molar-refractivity contribution in [3.8, 4) is 0 Å². The maximum atomic E-state index is 11.9. The number of carbonyl (C=O) groups is 2. The Labute approximate surface area is 136 Å². The third kappa shape index (κ3) is 5.54. The Hall–Kier alpha value is -2.69. The van der Waals surface area contributed by atoms with E-state index in [9.17, 15) is 9.59 Å². The van der Waals surface area contributed by atoms with Crippen molar-refractivity contribution in [2.45, 2.75) is 26.7 Å². The summed E-state index contributed by atoms with van der Waals surface area (Å²) >= 11 is 0. The molecule has 0 saturated heterocycles. The first-order valence-electron chi connectivity index (χ1n) is 7.61. The van der Waals surface area contributed by atoms with Gasteiger partial charge in [-0.2, -0.15) is 0 Å². The predicted octanol–water partition coefficient (Wildman–Crippen LogP) is 2.28. The molecule has 0 aliphatic carbocycles. The summed E-state index contributed by atoms with van der Waals surface area (Å²) in [6, 6.07) is 11.3. The van der Waals surface area contributed by atoms with Crippen molar-refractivity contribution in [2.75, 3.05) is 0 Å². The Balaban J connectivity index is 1.81. The molecule has 23 heavy (non-hydrogen) atoms. The monoisotopic (exact) mass is 311 g/mol. The van der Waals surface area contributed by atoms with Crippen LogP contribution in [0.3, 0.4) is 0 Å². The lowest BCUT2D eigenvalue weighted by Crippen LogP contribution is -2.42. The summed E-state index contributed by atoms with van der Waals surface area (Å²) in [5.74, 6) is -0.0515. The van der Waals surface area contributed by atoms with Crippen molar-refractivity contribution in [2.24, 2.45) is 5.92 Å². The average molecular weight is 311 g/mol. The third-order valence-electron chi connectivity index (χ3n) is 3.27. The molecule has 0 radical (unpaired) electrons. The van der Waals surface area contributed by atoms with Crippen LogP contribution in [0.25, 0.3) is 0 Å². The van der Waals surface area contributed by atoms with Crippen LogP contribution in [0.15, 0.2) is 48.8 Å². The van der Waals surface area contributed by atoms with Gasteiger partial charge in [0.05, 0.1) is 12.0 Å². The van der Waals surface area contributed by atoms with E-state index in [2.05, 4.69) is 29.7 Å². The molecule has 0 spiro atoms. The second kappa shape index (κ2) is 8.08. The van der Waals surface area contributed by atoms with Gasteiger partial charge in [0.1, 0.15) is 0 Å². The number of rotatable bonds is 5. The average Bonchev–Trinajstić information content (AvgIpc) is 2.55. The Bertz CT molecular complexity index is 652. The standard InChI is InChI=1S/C18H21N3O2/c1-13(2)10-14-5-7-15(8-6-14)11-17(22)20-21-18(23)16-4-3-9-19-12-16/h3-9,12-13H,10-11H2,1-2H3,(H,20,22)(H,21,23). The molecule has 120 valence electrons. The number of nitrogens with zero attached hydrogens (tertiary/aromatic N) is 1. The minimum atomic E-state index is -0.390. The Morgan fingerprint density at radius 2 is 1.74 bits per heavy atom. The van der Waals surface area contributed by atoms with Gasteiger partial charge in [0.25, 0.3) is 5.91 Å². The second-order valence-electron chi connectivity index (χ2n) is 5.84. The maximum absolute atomic E-state index is 11.9. The molecule has 0 atom stereocenters. The lowest BCUT2D eigenvalue weighted by Gasteiger charge is -2.08. The van der Waals surface area contributed by atoms with Crippen molar-refractivity contribution in [1.29, 1.82) is 0 Å². The summed E-state index contributed by atoms with van der Waals surface area (Å²) in [5, 5.41) is 0. The van der Waals surface area contributed by atoms with Crippen molar-refractivity contribution < 1.29 is 9.59 Å². The van der Waals surface area contributed by atoms with Crippen molar-refractivity contribution >= 4 is 11.8 Å². The molecular formula is C18H21N3O2. The predicted molar refractivity (Wildman–Crippen MR) is 88.5 cm³/mol. The molecule has 0 unspecified atom stereocenters. The maximum Gasteiger partial charge on any atom is 0.271 e. The van der Waals surface area contributed by atoms with E-state index in [-0.39, 0.29) is 12.3 Å². The van der Waals surface area contributed by atoms with Gasteiger partial charge in [-0.1, -0.05) is 38.1 Å². The lowest BCUT2D eigenvalue weighted by molar-refractivity contribution is -0.121. The van der Waals surface area contributed by atoms with Crippen LogP contribution in [-0.2, 0) is 17.6 Å². The van der Waals surface area contributed by atoms with Crippen LogP contribution in [0.1, 0.15) is 35.3 Å². The summed E-state index contributed by atoms with van der Waals surface area (Å²) in [4.78, 5) is 27.5. The number of aromatic nitrogens is 1. The lowest BCUT2D eigenvalue weighted by atomic mass is 10.0. The number of hydrogen-bond acceptors (Lipinski definition) is 3. The van der Waals surface area contributed by atoms with Crippen molar-refractivity contribution in [3.05, 3.63) is 65.5 Å². The van der Waals surface area contributed by atoms with Gasteiger partial charge in [0, 0.05) is 12.4 Å². The second-order valence-corrected chi connectivity index (χ2v) is 5.84. The topological polar surface area (TPSA) is 71.1 Å². The van der Waals surface area contributed by atoms with Gasteiger partial charge < -0.3 is 0 Å². The Kier molecular flexibility index (Phi) is 5.86. The number of pyridine rings is 1. The molecule has 0 fully saturated rings. The first kappa shape index (κ1) is 16.7. The number of nitrogens with one attached hydrogen (secondary N) is 2. The van der Waals surface area contributed by atoms with Crippen molar-refractivity contribution in [1.82, 2.24) is 15.8 Å². The molecule has 0 aliphatic rings. The highest BCUT2D eigenvalue weighted by molar-refractivity contribution is 5.95. The molecule has 2 amide bonds. The molecule has 1 aromatic heterocycles. The summed E-state index contributed by atoms with van der Waals surface area (Å²) in [7, 11) is 0. The first-order chi connectivity index (χ1) is 11.0. The fourth-order valence-corrected chi connectivity index (χ4v) is 2.19. The van der Waals surface area contributed by atoms with Crippen LogP contribution in [0.4, 0.5) is 0 Å². The molecule has 5 nitrogen and oxygen atoms in total. The van der Waals surface area contributed by atoms with Gasteiger partial charge in [-0.25, -0.2) is 0 Å². The SMILES string of the molecule is CC(C)Cc1ccc(CC(=O)NNC(=O)c2cccnc2)cc1. The first-order valence-corrected chi connectivity index (χ1v) is 7.61. The summed E-state index contributed by atoms with van der Waals surface area (Å²) in [5.41, 5.74) is 7.35. The highest BCUT2D eigenvalue weighted by Gasteiger charge is 2.08. The van der Waals surface area contributed by atoms with Gasteiger partial charge in [0.15, 0.2) is 0 Å². The largest absolute Gasteiger partial charge is 0.273 e. The highest BCUT2D eigenvalue weighted by atomic mass is 16.2. The highest BCUT2D eigenvalue weighted by Crippen LogP contribution is 2.10. The van der Waals surface area contributed by atoms with Gasteiger partial charge in [-0.05, 0) is 35.6 Å². The molecule has 0 bridgehead atoms. The number of hydrazine groups is 1.